The van der Waals surface area contributed by atoms with Crippen LogP contribution >= 0.6 is 0 Å². The van der Waals surface area contributed by atoms with Crippen molar-refractivity contribution in [3.05, 3.63) is 29.8 Å². The molecule has 0 radical (unpaired) electrons. The van der Waals surface area contributed by atoms with Crippen LogP contribution < -0.4 is 10.6 Å². The largest absolute Gasteiger partial charge is 0.362 e. The Hall–Kier alpha value is -1.88. The highest BCUT2D eigenvalue weighted by Gasteiger charge is 2.06. The topological polar surface area (TPSA) is 67.4 Å². The summed E-state index contributed by atoms with van der Waals surface area (Å²) in [5, 5.41) is 5.50. The molecule has 0 aliphatic rings. The number of nitrogens with one attached hydrogen (secondary N) is 2. The van der Waals surface area contributed by atoms with Crippen molar-refractivity contribution >= 4 is 17.5 Å². The van der Waals surface area contributed by atoms with Gasteiger partial charge in [-0.05, 0) is 36.0 Å². The van der Waals surface area contributed by atoms with Crippen molar-refractivity contribution in [1.29, 1.82) is 0 Å². The molecule has 2 N–H and O–H groups in total. The van der Waals surface area contributed by atoms with Crippen molar-refractivity contribution in [3.63, 3.8) is 0 Å². The number of hydrogen-bond donors (Lipinski definition) is 2. The van der Waals surface area contributed by atoms with E-state index in [1.807, 2.05) is 24.3 Å². The van der Waals surface area contributed by atoms with Crippen LogP contribution in [0, 0.1) is 5.92 Å². The average molecular weight is 320 g/mol. The Balaban J connectivity index is 2.22. The summed E-state index contributed by atoms with van der Waals surface area (Å²) in [6.07, 6.45) is 0.929. The number of rotatable bonds is 9. The molecular weight excluding hydrogens is 292 g/mol. The van der Waals surface area contributed by atoms with Crippen LogP contribution in [0.1, 0.15) is 45.6 Å². The lowest BCUT2D eigenvalue weighted by Gasteiger charge is -2.09. The monoisotopic (exact) mass is 320 g/mol. The second-order valence-electron chi connectivity index (χ2n) is 6.35. The molecule has 0 atom stereocenters. The smallest absolute Gasteiger partial charge is 0.250 e. The van der Waals surface area contributed by atoms with Crippen molar-refractivity contribution in [2.24, 2.45) is 5.92 Å². The van der Waals surface area contributed by atoms with E-state index < -0.39 is 0 Å². The third kappa shape index (κ3) is 8.35. The Morgan fingerprint density at radius 1 is 1.00 bits per heavy atom. The zero-order chi connectivity index (χ0) is 17.2. The van der Waals surface area contributed by atoms with E-state index in [4.69, 9.17) is 4.74 Å². The van der Waals surface area contributed by atoms with Crippen molar-refractivity contribution in [1.82, 2.24) is 5.32 Å². The number of anilines is 1. The molecule has 0 saturated heterocycles. The fourth-order valence-corrected chi connectivity index (χ4v) is 1.94. The van der Waals surface area contributed by atoms with E-state index >= 15 is 0 Å². The van der Waals surface area contributed by atoms with Crippen molar-refractivity contribution in [3.8, 4) is 0 Å². The molecule has 1 aromatic carbocycles. The van der Waals surface area contributed by atoms with Gasteiger partial charge in [0.15, 0.2) is 0 Å². The fourth-order valence-electron chi connectivity index (χ4n) is 1.94. The van der Waals surface area contributed by atoms with Crippen LogP contribution in [0.15, 0.2) is 24.3 Å². The highest BCUT2D eigenvalue weighted by atomic mass is 16.5. The van der Waals surface area contributed by atoms with E-state index in [1.165, 1.54) is 5.56 Å². The molecule has 5 heteroatoms. The summed E-state index contributed by atoms with van der Waals surface area (Å²) >= 11 is 0. The summed E-state index contributed by atoms with van der Waals surface area (Å²) < 4.78 is 5.12. The molecule has 23 heavy (non-hydrogen) atoms. The van der Waals surface area contributed by atoms with Crippen LogP contribution in [0.25, 0.3) is 0 Å². The van der Waals surface area contributed by atoms with Gasteiger partial charge in [-0.1, -0.05) is 39.8 Å². The van der Waals surface area contributed by atoms with Gasteiger partial charge in [-0.15, -0.1) is 0 Å². The third-order valence-corrected chi connectivity index (χ3v) is 3.37. The van der Waals surface area contributed by atoms with Crippen molar-refractivity contribution in [2.75, 3.05) is 25.1 Å². The second kappa shape index (κ2) is 10.0. The number of amides is 2. The normalized spacial score (nSPS) is 10.9. The molecule has 0 saturated carbocycles. The van der Waals surface area contributed by atoms with E-state index in [0.29, 0.717) is 18.4 Å². The van der Waals surface area contributed by atoms with Gasteiger partial charge in [0.1, 0.15) is 13.2 Å². The van der Waals surface area contributed by atoms with E-state index in [2.05, 4.69) is 38.3 Å². The molecule has 0 aliphatic carbocycles. The molecule has 0 bridgehead atoms. The molecular formula is C18H28N2O3. The maximum atomic E-state index is 11.7. The van der Waals surface area contributed by atoms with Crippen LogP contribution in [-0.2, 0) is 14.3 Å². The van der Waals surface area contributed by atoms with Gasteiger partial charge in [-0.2, -0.15) is 0 Å². The molecule has 5 nitrogen and oxygen atoms in total. The molecule has 0 heterocycles. The average Bonchev–Trinajstić information content (AvgIpc) is 2.47. The zero-order valence-corrected chi connectivity index (χ0v) is 14.5. The first-order chi connectivity index (χ1) is 10.9. The van der Waals surface area contributed by atoms with Gasteiger partial charge in [0.25, 0.3) is 0 Å². The number of ether oxygens (including phenoxy) is 1. The van der Waals surface area contributed by atoms with Gasteiger partial charge in [0.05, 0.1) is 0 Å². The standard InChI is InChI=1S/C18H28N2O3/c1-13(2)9-10-19-17(21)11-23-12-18(22)20-16-7-5-15(6-8-16)14(3)4/h5-8,13-14H,9-12H2,1-4H3,(H,19,21)(H,20,22). The second-order valence-corrected chi connectivity index (χ2v) is 6.35. The molecule has 1 aromatic rings. The first-order valence-corrected chi connectivity index (χ1v) is 8.12. The van der Waals surface area contributed by atoms with Crippen molar-refractivity contribution in [2.45, 2.75) is 40.0 Å². The lowest BCUT2D eigenvalue weighted by molar-refractivity contribution is -0.128. The number of benzene rings is 1. The van der Waals surface area contributed by atoms with E-state index in [9.17, 15) is 9.59 Å². The first kappa shape index (κ1) is 19.2. The quantitative estimate of drug-likeness (QED) is 0.735. The van der Waals surface area contributed by atoms with Crippen LogP contribution in [0.5, 0.6) is 0 Å². The van der Waals surface area contributed by atoms with Gasteiger partial charge < -0.3 is 15.4 Å². The molecule has 0 aromatic heterocycles. The number of carbonyl (C=O) groups excluding carboxylic acids is 2. The van der Waals surface area contributed by atoms with E-state index in [1.54, 1.807) is 0 Å². The SMILES string of the molecule is CC(C)CCNC(=O)COCC(=O)Nc1ccc(C(C)C)cc1. The van der Waals surface area contributed by atoms with Crippen LogP contribution in [0.3, 0.4) is 0 Å². The Morgan fingerprint density at radius 3 is 2.17 bits per heavy atom. The molecule has 0 fully saturated rings. The molecule has 128 valence electrons. The zero-order valence-electron chi connectivity index (χ0n) is 14.5. The highest BCUT2D eigenvalue weighted by Crippen LogP contribution is 2.16. The van der Waals surface area contributed by atoms with Gasteiger partial charge in [-0.25, -0.2) is 0 Å². The number of carbonyl (C=O) groups is 2. The Labute approximate surface area is 138 Å². The summed E-state index contributed by atoms with van der Waals surface area (Å²) in [4.78, 5) is 23.2. The Morgan fingerprint density at radius 2 is 1.61 bits per heavy atom. The van der Waals surface area contributed by atoms with Crippen molar-refractivity contribution < 1.29 is 14.3 Å². The van der Waals surface area contributed by atoms with Gasteiger partial charge >= 0.3 is 0 Å². The Kier molecular flexibility index (Phi) is 8.33. The first-order valence-electron chi connectivity index (χ1n) is 8.12. The van der Waals surface area contributed by atoms with Crippen LogP contribution in [0.4, 0.5) is 5.69 Å². The minimum Gasteiger partial charge on any atom is -0.362 e. The summed E-state index contributed by atoms with van der Waals surface area (Å²) in [6, 6.07) is 7.71. The minimum absolute atomic E-state index is 0.0994. The van der Waals surface area contributed by atoms with Crippen LogP contribution in [0.2, 0.25) is 0 Å². The fraction of sp³-hybridized carbons (Fsp3) is 0.556. The maximum Gasteiger partial charge on any atom is 0.250 e. The molecule has 0 aliphatic heterocycles. The molecule has 0 spiro atoms. The lowest BCUT2D eigenvalue weighted by Crippen LogP contribution is -2.30. The lowest BCUT2D eigenvalue weighted by atomic mass is 10.0. The number of hydrogen-bond acceptors (Lipinski definition) is 3. The maximum absolute atomic E-state index is 11.7. The Bertz CT molecular complexity index is 495. The van der Waals surface area contributed by atoms with Gasteiger partial charge in [0.2, 0.25) is 11.8 Å². The summed E-state index contributed by atoms with van der Waals surface area (Å²) in [7, 11) is 0. The summed E-state index contributed by atoms with van der Waals surface area (Å²) in [6.45, 7) is 8.83. The molecule has 2 amide bonds. The minimum atomic E-state index is -0.266. The molecule has 0 unspecified atom stereocenters. The van der Waals surface area contributed by atoms with E-state index in [-0.39, 0.29) is 25.0 Å². The summed E-state index contributed by atoms with van der Waals surface area (Å²) in [5.41, 5.74) is 1.95. The highest BCUT2D eigenvalue weighted by molar-refractivity contribution is 5.91. The van der Waals surface area contributed by atoms with Gasteiger partial charge in [-0.3, -0.25) is 9.59 Å². The predicted molar refractivity (Wildman–Crippen MR) is 92.4 cm³/mol. The van der Waals surface area contributed by atoms with Gasteiger partial charge in [0, 0.05) is 12.2 Å². The predicted octanol–water partition coefficient (Wildman–Crippen LogP) is 2.93. The van der Waals surface area contributed by atoms with E-state index in [0.717, 1.165) is 12.1 Å². The molecule has 1 rings (SSSR count). The third-order valence-electron chi connectivity index (χ3n) is 3.37. The van der Waals surface area contributed by atoms with Crippen LogP contribution in [-0.4, -0.2) is 31.6 Å². The summed E-state index contributed by atoms with van der Waals surface area (Å²) in [5.74, 6) is 0.540.